The normalized spacial score (nSPS) is 10.5. The maximum Gasteiger partial charge on any atom is 0.294 e. The van der Waals surface area contributed by atoms with E-state index in [0.29, 0.717) is 6.54 Å². The average molecular weight is 315 g/mol. The van der Waals surface area contributed by atoms with E-state index < -0.39 is 4.92 Å². The number of rotatable bonds is 7. The third-order valence-electron chi connectivity index (χ3n) is 2.85. The number of nitro benzene ring substituents is 1. The standard InChI is InChI=1S/C13H19ClN4O3/c1-15-12-10(14)7-9(8-11(12)18(20)21)13(19)16-5-4-6-17(2)3/h7-8,15H,4-6H2,1-3H3,(H,16,19). The summed E-state index contributed by atoms with van der Waals surface area (Å²) in [6.45, 7) is 1.34. The second-order valence-corrected chi connectivity index (χ2v) is 5.18. The van der Waals surface area contributed by atoms with Crippen molar-refractivity contribution in [2.75, 3.05) is 39.5 Å². The number of nitrogens with zero attached hydrogens (tertiary/aromatic N) is 2. The number of amides is 1. The smallest absolute Gasteiger partial charge is 0.294 e. The van der Waals surface area contributed by atoms with E-state index in [4.69, 9.17) is 11.6 Å². The first-order valence-electron chi connectivity index (χ1n) is 6.45. The van der Waals surface area contributed by atoms with Gasteiger partial charge in [-0.15, -0.1) is 0 Å². The first kappa shape index (κ1) is 17.2. The van der Waals surface area contributed by atoms with Gasteiger partial charge in [-0.2, -0.15) is 0 Å². The van der Waals surface area contributed by atoms with E-state index in [-0.39, 0.29) is 27.9 Å². The molecule has 0 atom stereocenters. The molecule has 0 heterocycles. The second kappa shape index (κ2) is 7.80. The number of benzene rings is 1. The van der Waals surface area contributed by atoms with Gasteiger partial charge in [0.05, 0.1) is 9.95 Å². The maximum absolute atomic E-state index is 12.0. The van der Waals surface area contributed by atoms with E-state index in [9.17, 15) is 14.9 Å². The largest absolute Gasteiger partial charge is 0.381 e. The first-order chi connectivity index (χ1) is 9.86. The van der Waals surface area contributed by atoms with Crippen molar-refractivity contribution in [2.24, 2.45) is 0 Å². The summed E-state index contributed by atoms with van der Waals surface area (Å²) in [4.78, 5) is 24.4. The summed E-state index contributed by atoms with van der Waals surface area (Å²) in [5, 5.41) is 16.5. The third-order valence-corrected chi connectivity index (χ3v) is 3.14. The van der Waals surface area contributed by atoms with Gasteiger partial charge in [-0.05, 0) is 33.1 Å². The molecule has 0 aromatic heterocycles. The minimum atomic E-state index is -0.569. The molecule has 21 heavy (non-hydrogen) atoms. The number of halogens is 1. The van der Waals surface area contributed by atoms with Crippen LogP contribution in [0.4, 0.5) is 11.4 Å². The van der Waals surface area contributed by atoms with Gasteiger partial charge in [0, 0.05) is 25.2 Å². The van der Waals surface area contributed by atoms with Crippen LogP contribution in [0.3, 0.4) is 0 Å². The van der Waals surface area contributed by atoms with Crippen molar-refractivity contribution in [3.8, 4) is 0 Å². The van der Waals surface area contributed by atoms with E-state index in [1.54, 1.807) is 0 Å². The molecule has 0 radical (unpaired) electrons. The molecule has 8 heteroatoms. The van der Waals surface area contributed by atoms with Crippen molar-refractivity contribution < 1.29 is 9.72 Å². The van der Waals surface area contributed by atoms with Crippen LogP contribution in [-0.4, -0.2) is 50.0 Å². The molecule has 1 aromatic rings. The number of anilines is 1. The van der Waals surface area contributed by atoms with Crippen LogP contribution in [0.2, 0.25) is 5.02 Å². The molecule has 1 amide bonds. The molecule has 0 spiro atoms. The summed E-state index contributed by atoms with van der Waals surface area (Å²) in [7, 11) is 5.43. The molecule has 2 N–H and O–H groups in total. The number of carbonyl (C=O) groups excluding carboxylic acids is 1. The molecule has 0 saturated heterocycles. The summed E-state index contributed by atoms with van der Waals surface area (Å²) in [6.07, 6.45) is 0.795. The van der Waals surface area contributed by atoms with Crippen LogP contribution in [0, 0.1) is 10.1 Å². The molecular weight excluding hydrogens is 296 g/mol. The van der Waals surface area contributed by atoms with Crippen molar-refractivity contribution in [3.05, 3.63) is 32.8 Å². The number of nitro groups is 1. The molecule has 0 fully saturated rings. The minimum absolute atomic E-state index is 0.144. The summed E-state index contributed by atoms with van der Waals surface area (Å²) >= 11 is 5.97. The van der Waals surface area contributed by atoms with Crippen molar-refractivity contribution in [1.29, 1.82) is 0 Å². The van der Waals surface area contributed by atoms with Gasteiger partial charge in [-0.1, -0.05) is 11.6 Å². The summed E-state index contributed by atoms with van der Waals surface area (Å²) in [5.41, 5.74) is 0.157. The fourth-order valence-corrected chi connectivity index (χ4v) is 2.12. The Hall–Kier alpha value is -1.86. The van der Waals surface area contributed by atoms with Crippen LogP contribution in [0.25, 0.3) is 0 Å². The van der Waals surface area contributed by atoms with Gasteiger partial charge in [0.2, 0.25) is 0 Å². The second-order valence-electron chi connectivity index (χ2n) is 4.77. The lowest BCUT2D eigenvalue weighted by Crippen LogP contribution is -2.27. The zero-order valence-corrected chi connectivity index (χ0v) is 13.0. The van der Waals surface area contributed by atoms with E-state index in [2.05, 4.69) is 10.6 Å². The Morgan fingerprint density at radius 1 is 1.43 bits per heavy atom. The molecule has 0 aliphatic heterocycles. The van der Waals surface area contributed by atoms with Gasteiger partial charge in [0.25, 0.3) is 11.6 Å². The van der Waals surface area contributed by atoms with Crippen LogP contribution in [-0.2, 0) is 0 Å². The highest BCUT2D eigenvalue weighted by atomic mass is 35.5. The SMILES string of the molecule is CNc1c(Cl)cc(C(=O)NCCCN(C)C)cc1[N+](=O)[O-]. The van der Waals surface area contributed by atoms with Gasteiger partial charge in [0.15, 0.2) is 0 Å². The fourth-order valence-electron chi connectivity index (χ4n) is 1.81. The number of hydrogen-bond donors (Lipinski definition) is 2. The summed E-state index contributed by atoms with van der Waals surface area (Å²) in [6, 6.07) is 2.64. The highest BCUT2D eigenvalue weighted by Crippen LogP contribution is 2.33. The highest BCUT2D eigenvalue weighted by Gasteiger charge is 2.20. The van der Waals surface area contributed by atoms with Crippen LogP contribution < -0.4 is 10.6 Å². The Labute approximate surface area is 128 Å². The Morgan fingerprint density at radius 3 is 2.62 bits per heavy atom. The molecule has 7 nitrogen and oxygen atoms in total. The van der Waals surface area contributed by atoms with Crippen LogP contribution in [0.1, 0.15) is 16.8 Å². The Balaban J connectivity index is 2.83. The van der Waals surface area contributed by atoms with Crippen molar-refractivity contribution in [3.63, 3.8) is 0 Å². The number of carbonyl (C=O) groups is 1. The van der Waals surface area contributed by atoms with Crippen LogP contribution in [0.15, 0.2) is 12.1 Å². The maximum atomic E-state index is 12.0. The number of nitrogens with one attached hydrogen (secondary N) is 2. The predicted molar refractivity (Wildman–Crippen MR) is 83.2 cm³/mol. The fraction of sp³-hybridized carbons (Fsp3) is 0.462. The van der Waals surface area contributed by atoms with E-state index in [1.165, 1.54) is 19.2 Å². The lowest BCUT2D eigenvalue weighted by Gasteiger charge is -2.11. The minimum Gasteiger partial charge on any atom is -0.381 e. The molecule has 0 saturated carbocycles. The monoisotopic (exact) mass is 314 g/mol. The van der Waals surface area contributed by atoms with E-state index in [1.807, 2.05) is 19.0 Å². The van der Waals surface area contributed by atoms with Gasteiger partial charge in [0.1, 0.15) is 5.69 Å². The third kappa shape index (κ3) is 4.87. The van der Waals surface area contributed by atoms with Crippen molar-refractivity contribution >= 4 is 28.9 Å². The molecule has 0 aliphatic rings. The molecule has 1 rings (SSSR count). The lowest BCUT2D eigenvalue weighted by molar-refractivity contribution is -0.383. The van der Waals surface area contributed by atoms with Gasteiger partial charge in [-0.3, -0.25) is 14.9 Å². The lowest BCUT2D eigenvalue weighted by atomic mass is 10.1. The number of hydrogen-bond acceptors (Lipinski definition) is 5. The van der Waals surface area contributed by atoms with E-state index >= 15 is 0 Å². The van der Waals surface area contributed by atoms with Crippen LogP contribution >= 0.6 is 11.6 Å². The quantitative estimate of drug-likeness (QED) is 0.456. The Bertz CT molecular complexity index is 534. The van der Waals surface area contributed by atoms with Crippen molar-refractivity contribution in [1.82, 2.24) is 10.2 Å². The van der Waals surface area contributed by atoms with Crippen LogP contribution in [0.5, 0.6) is 0 Å². The highest BCUT2D eigenvalue weighted by molar-refractivity contribution is 6.34. The Kier molecular flexibility index (Phi) is 6.39. The van der Waals surface area contributed by atoms with E-state index in [0.717, 1.165) is 13.0 Å². The molecule has 0 unspecified atom stereocenters. The average Bonchev–Trinajstić information content (AvgIpc) is 2.42. The summed E-state index contributed by atoms with van der Waals surface area (Å²) < 4.78 is 0. The first-order valence-corrected chi connectivity index (χ1v) is 6.83. The van der Waals surface area contributed by atoms with Gasteiger partial charge >= 0.3 is 0 Å². The zero-order chi connectivity index (χ0) is 16.0. The van der Waals surface area contributed by atoms with Crippen molar-refractivity contribution in [2.45, 2.75) is 6.42 Å². The predicted octanol–water partition coefficient (Wildman–Crippen LogP) is 1.97. The molecule has 0 bridgehead atoms. The zero-order valence-electron chi connectivity index (χ0n) is 12.3. The van der Waals surface area contributed by atoms with Gasteiger partial charge in [-0.25, -0.2) is 0 Å². The van der Waals surface area contributed by atoms with Gasteiger partial charge < -0.3 is 15.5 Å². The topological polar surface area (TPSA) is 87.5 Å². The molecule has 116 valence electrons. The molecular formula is C13H19ClN4O3. The summed E-state index contributed by atoms with van der Waals surface area (Å²) in [5.74, 6) is -0.374. The molecule has 1 aromatic carbocycles. The molecule has 0 aliphatic carbocycles. The Morgan fingerprint density at radius 2 is 2.10 bits per heavy atom.